The minimum absolute atomic E-state index is 0.0596. The smallest absolute Gasteiger partial charge is 0.291 e. The van der Waals surface area contributed by atoms with Crippen LogP contribution in [0, 0.1) is 10.1 Å². The molecule has 9 nitrogen and oxygen atoms in total. The summed E-state index contributed by atoms with van der Waals surface area (Å²) < 4.78 is 1.53. The third-order valence-electron chi connectivity index (χ3n) is 4.78. The average Bonchev–Trinajstić information content (AvgIpc) is 2.72. The molecule has 1 aliphatic rings. The van der Waals surface area contributed by atoms with Gasteiger partial charge in [0.05, 0.1) is 16.2 Å². The van der Waals surface area contributed by atoms with Crippen LogP contribution < -0.4 is 15.1 Å². The fourth-order valence-electron chi connectivity index (χ4n) is 3.58. The molecule has 0 saturated carbocycles. The van der Waals surface area contributed by atoms with Gasteiger partial charge in [0.25, 0.3) is 11.9 Å². The predicted octanol–water partition coefficient (Wildman–Crippen LogP) is 2.66. The van der Waals surface area contributed by atoms with Crippen LogP contribution in [-0.2, 0) is 4.79 Å². The molecule has 1 amide bonds. The van der Waals surface area contributed by atoms with E-state index >= 15 is 0 Å². The Balaban J connectivity index is 2.02. The fraction of sp³-hybridized carbons (Fsp3) is 0.200. The number of nitro groups is 1. The molecule has 0 fully saturated rings. The number of rotatable bonds is 4. The fourth-order valence-corrected chi connectivity index (χ4v) is 4.17. The van der Waals surface area contributed by atoms with E-state index in [4.69, 9.17) is 0 Å². The van der Waals surface area contributed by atoms with Gasteiger partial charge in [-0.3, -0.25) is 24.7 Å². The second-order valence-electron chi connectivity index (χ2n) is 6.61. The highest BCUT2D eigenvalue weighted by atomic mass is 32.2. The number of amides is 1. The van der Waals surface area contributed by atoms with E-state index in [0.29, 0.717) is 33.4 Å². The number of hydrogen-bond acceptors (Lipinski definition) is 6. The van der Waals surface area contributed by atoms with Crippen molar-refractivity contribution in [3.05, 3.63) is 74.6 Å². The maximum absolute atomic E-state index is 13.0. The molecular weight excluding hydrogens is 406 g/mol. The maximum atomic E-state index is 13.0. The van der Waals surface area contributed by atoms with Gasteiger partial charge in [-0.1, -0.05) is 30.8 Å². The molecule has 30 heavy (non-hydrogen) atoms. The summed E-state index contributed by atoms with van der Waals surface area (Å²) in [4.78, 5) is 40.6. The lowest BCUT2D eigenvalue weighted by Gasteiger charge is -2.31. The van der Waals surface area contributed by atoms with E-state index in [-0.39, 0.29) is 17.2 Å². The number of benzene rings is 2. The van der Waals surface area contributed by atoms with E-state index < -0.39 is 11.1 Å². The first kappa shape index (κ1) is 19.8. The molecule has 3 aromatic rings. The lowest BCUT2D eigenvalue weighted by molar-refractivity contribution is -0.763. The Kier molecular flexibility index (Phi) is 5.08. The van der Waals surface area contributed by atoms with Crippen molar-refractivity contribution in [3.63, 3.8) is 0 Å². The van der Waals surface area contributed by atoms with E-state index in [1.165, 1.54) is 35.5 Å². The van der Waals surface area contributed by atoms with E-state index in [0.717, 1.165) is 0 Å². The summed E-state index contributed by atoms with van der Waals surface area (Å²) in [7, 11) is 0. The first-order chi connectivity index (χ1) is 14.4. The number of non-ortho nitro benzene ring substituents is 1. The molecule has 1 atom stereocenters. The van der Waals surface area contributed by atoms with E-state index in [2.05, 4.69) is 10.1 Å². The summed E-state index contributed by atoms with van der Waals surface area (Å²) in [5.41, 5.74) is 1.72. The summed E-state index contributed by atoms with van der Waals surface area (Å²) in [5, 5.41) is 16.1. The normalized spacial score (nSPS) is 14.7. The highest BCUT2D eigenvalue weighted by molar-refractivity contribution is 7.99. The molecule has 0 aliphatic carbocycles. The zero-order valence-electron chi connectivity index (χ0n) is 16.2. The number of nitro benzene ring substituents is 1. The number of nitrogens with zero attached hydrogens (tertiary/aromatic N) is 4. The molecule has 0 radical (unpaired) electrons. The van der Waals surface area contributed by atoms with Crippen molar-refractivity contribution in [1.82, 2.24) is 10.1 Å². The standard InChI is InChI=1S/C20H17N5O4S/c1-3-30-20-21-18(27)17-15-6-4-5-7-16(15)23(12(2)26)19(24(17)22-20)13-8-10-14(11-9-13)25(28)29/h4-11,19H,3H2,1-2H3/p+1/t19-/m1/s1. The molecular formula is C20H18N5O4S+. The number of para-hydroxylation sites is 1. The summed E-state index contributed by atoms with van der Waals surface area (Å²) in [6.45, 7) is 3.38. The Bertz CT molecular complexity index is 1210. The lowest BCUT2D eigenvalue weighted by Crippen LogP contribution is -2.60. The summed E-state index contributed by atoms with van der Waals surface area (Å²) >= 11 is 1.38. The van der Waals surface area contributed by atoms with Gasteiger partial charge in [-0.05, 0) is 34.7 Å². The van der Waals surface area contributed by atoms with Crippen LogP contribution in [0.5, 0.6) is 0 Å². The van der Waals surface area contributed by atoms with Crippen molar-refractivity contribution in [2.45, 2.75) is 25.2 Å². The molecule has 2 heterocycles. The highest BCUT2D eigenvalue weighted by Gasteiger charge is 2.44. The number of carbonyl (C=O) groups excluding carboxylic acids is 1. The number of fused-ring (bicyclic) bond motifs is 3. The monoisotopic (exact) mass is 424 g/mol. The molecule has 0 bridgehead atoms. The Labute approximate surface area is 175 Å². The first-order valence-electron chi connectivity index (χ1n) is 9.25. The number of thioether (sulfide) groups is 1. The third-order valence-corrected chi connectivity index (χ3v) is 5.53. The van der Waals surface area contributed by atoms with Gasteiger partial charge >= 0.3 is 11.3 Å². The predicted molar refractivity (Wildman–Crippen MR) is 111 cm³/mol. The van der Waals surface area contributed by atoms with Crippen LogP contribution in [0.3, 0.4) is 0 Å². The van der Waals surface area contributed by atoms with Gasteiger partial charge in [0.1, 0.15) is 0 Å². The molecule has 10 heteroatoms. The lowest BCUT2D eigenvalue weighted by atomic mass is 10.0. The molecule has 1 aromatic heterocycles. The summed E-state index contributed by atoms with van der Waals surface area (Å²) in [6.07, 6.45) is -0.758. The van der Waals surface area contributed by atoms with Crippen molar-refractivity contribution in [2.75, 3.05) is 10.7 Å². The second-order valence-corrected chi connectivity index (χ2v) is 7.87. The van der Waals surface area contributed by atoms with Crippen LogP contribution in [0.1, 0.15) is 25.6 Å². The Morgan fingerprint density at radius 2 is 1.97 bits per heavy atom. The number of anilines is 1. The van der Waals surface area contributed by atoms with Gasteiger partial charge in [0, 0.05) is 29.7 Å². The van der Waals surface area contributed by atoms with E-state index in [1.54, 1.807) is 41.3 Å². The van der Waals surface area contributed by atoms with Gasteiger partial charge in [-0.25, -0.2) is 4.90 Å². The first-order valence-corrected chi connectivity index (χ1v) is 10.2. The van der Waals surface area contributed by atoms with Crippen LogP contribution >= 0.6 is 11.8 Å². The molecule has 152 valence electrons. The van der Waals surface area contributed by atoms with Crippen LogP contribution in [0.25, 0.3) is 11.3 Å². The van der Waals surface area contributed by atoms with Crippen molar-refractivity contribution in [1.29, 1.82) is 0 Å². The Hall–Kier alpha value is -3.53. The molecule has 2 aromatic carbocycles. The molecule has 0 saturated heterocycles. The number of aromatic nitrogens is 3. The van der Waals surface area contributed by atoms with Crippen LogP contribution in [-0.4, -0.2) is 26.7 Å². The molecule has 0 spiro atoms. The summed E-state index contributed by atoms with van der Waals surface area (Å²) in [6, 6.07) is 13.0. The van der Waals surface area contributed by atoms with Gasteiger partial charge in [0.15, 0.2) is 0 Å². The minimum Gasteiger partial charge on any atom is -0.291 e. The van der Waals surface area contributed by atoms with Gasteiger partial charge < -0.3 is 0 Å². The van der Waals surface area contributed by atoms with Crippen molar-refractivity contribution < 1.29 is 14.4 Å². The van der Waals surface area contributed by atoms with Crippen molar-refractivity contribution in [3.8, 4) is 11.3 Å². The van der Waals surface area contributed by atoms with Crippen LogP contribution in [0.15, 0.2) is 58.5 Å². The maximum Gasteiger partial charge on any atom is 0.325 e. The Morgan fingerprint density at radius 3 is 2.60 bits per heavy atom. The largest absolute Gasteiger partial charge is 0.325 e. The zero-order chi connectivity index (χ0) is 21.4. The quantitative estimate of drug-likeness (QED) is 0.298. The molecule has 1 aliphatic heterocycles. The average molecular weight is 424 g/mol. The molecule has 1 N–H and O–H groups in total. The summed E-state index contributed by atoms with van der Waals surface area (Å²) in [5.74, 6) is 0.466. The topological polar surface area (TPSA) is 113 Å². The molecule has 0 unspecified atom stereocenters. The minimum atomic E-state index is -0.758. The number of hydrogen-bond donors (Lipinski definition) is 1. The Morgan fingerprint density at radius 1 is 1.27 bits per heavy atom. The molecule has 4 rings (SSSR count). The zero-order valence-corrected chi connectivity index (χ0v) is 17.0. The van der Waals surface area contributed by atoms with Crippen molar-refractivity contribution >= 4 is 29.0 Å². The van der Waals surface area contributed by atoms with Gasteiger partial charge in [-0.15, -0.1) is 0 Å². The van der Waals surface area contributed by atoms with Crippen LogP contribution in [0.2, 0.25) is 0 Å². The number of carbonyl (C=O) groups is 1. The van der Waals surface area contributed by atoms with Crippen molar-refractivity contribution in [2.24, 2.45) is 0 Å². The van der Waals surface area contributed by atoms with Gasteiger partial charge in [0.2, 0.25) is 11.1 Å². The third kappa shape index (κ3) is 3.24. The van der Waals surface area contributed by atoms with E-state index in [1.807, 2.05) is 6.92 Å². The second kappa shape index (κ2) is 7.71. The number of H-pyrrole nitrogens is 1. The number of nitrogens with one attached hydrogen (secondary N) is 1. The van der Waals surface area contributed by atoms with Gasteiger partial charge in [-0.2, -0.15) is 0 Å². The van der Waals surface area contributed by atoms with E-state index in [9.17, 15) is 19.7 Å². The van der Waals surface area contributed by atoms with Crippen LogP contribution in [0.4, 0.5) is 11.4 Å². The number of aromatic amines is 1. The SMILES string of the molecule is CCSc1n[n+]2c(c(=O)[nH]1)-c1ccccc1N(C(C)=O)[C@H]2c1ccc([N+](=O)[O-])cc1. The highest BCUT2D eigenvalue weighted by Crippen LogP contribution is 2.37.